The van der Waals surface area contributed by atoms with Gasteiger partial charge in [0.25, 0.3) is 0 Å². The zero-order chi connectivity index (χ0) is 21.3. The van der Waals surface area contributed by atoms with Crippen LogP contribution in [0.15, 0.2) is 12.1 Å². The van der Waals surface area contributed by atoms with E-state index in [-0.39, 0.29) is 17.0 Å². The third-order valence-electron chi connectivity index (χ3n) is 4.75. The maximum atomic E-state index is 12.8. The second-order valence-corrected chi connectivity index (χ2v) is 6.80. The van der Waals surface area contributed by atoms with Gasteiger partial charge < -0.3 is 23.9 Å². The molecule has 1 aromatic heterocycles. The quantitative estimate of drug-likeness (QED) is 0.586. The van der Waals surface area contributed by atoms with Gasteiger partial charge in [0.15, 0.2) is 23.4 Å². The van der Waals surface area contributed by atoms with E-state index in [0.717, 1.165) is 0 Å². The van der Waals surface area contributed by atoms with Gasteiger partial charge in [-0.3, -0.25) is 9.59 Å². The van der Waals surface area contributed by atoms with Crippen molar-refractivity contribution in [3.05, 3.63) is 40.2 Å². The number of methoxy groups -OCH3 is 1. The molecule has 3 rings (SSSR count). The van der Waals surface area contributed by atoms with Crippen LogP contribution in [0, 0.1) is 13.8 Å². The molecule has 0 bridgehead atoms. The van der Waals surface area contributed by atoms with Crippen molar-refractivity contribution in [2.75, 3.05) is 20.3 Å². The number of ketones is 2. The topological polar surface area (TPSA) is 104 Å². The van der Waals surface area contributed by atoms with Crippen molar-refractivity contribution in [2.24, 2.45) is 0 Å². The largest absolute Gasteiger partial charge is 0.493 e. The standard InChI is InChI=1S/C21H23NO7/c1-10-17(12(3)23)11(2)22-18(10)19(24)13(4)29-21(25)14-8-15(26-5)20-16(9-14)27-6-7-28-20/h8-9,13,22H,6-7H2,1-5H3/t13-/m1/s1. The highest BCUT2D eigenvalue weighted by molar-refractivity contribution is 6.05. The number of carbonyl (C=O) groups is 3. The molecule has 2 aromatic rings. The first kappa shape index (κ1) is 20.4. The molecule has 0 unspecified atom stereocenters. The number of Topliss-reactive ketones (excluding diaryl/α,β-unsaturated/α-hetero) is 2. The summed E-state index contributed by atoms with van der Waals surface area (Å²) in [7, 11) is 1.46. The molecule has 8 heteroatoms. The Labute approximate surface area is 168 Å². The number of aromatic nitrogens is 1. The third-order valence-corrected chi connectivity index (χ3v) is 4.75. The van der Waals surface area contributed by atoms with Crippen LogP contribution in [0.1, 0.15) is 56.3 Å². The molecule has 0 fully saturated rings. The molecule has 1 atom stereocenters. The Kier molecular flexibility index (Phi) is 5.63. The monoisotopic (exact) mass is 401 g/mol. The molecule has 0 saturated carbocycles. The molecule has 0 spiro atoms. The fraction of sp³-hybridized carbons (Fsp3) is 0.381. The number of aryl methyl sites for hydroxylation is 1. The SMILES string of the molecule is COc1cc(C(=O)O[C@H](C)C(=O)c2[nH]c(C)c(C(C)=O)c2C)cc2c1OCCO2. The van der Waals surface area contributed by atoms with Crippen molar-refractivity contribution in [2.45, 2.75) is 33.8 Å². The van der Waals surface area contributed by atoms with E-state index in [1.54, 1.807) is 13.8 Å². The predicted molar refractivity (Wildman–Crippen MR) is 103 cm³/mol. The van der Waals surface area contributed by atoms with Crippen LogP contribution in [-0.4, -0.2) is 48.9 Å². The molecule has 0 aliphatic carbocycles. The van der Waals surface area contributed by atoms with Gasteiger partial charge in [0.1, 0.15) is 13.2 Å². The van der Waals surface area contributed by atoms with Crippen molar-refractivity contribution in [1.29, 1.82) is 0 Å². The average Bonchev–Trinajstić information content (AvgIpc) is 3.00. The van der Waals surface area contributed by atoms with E-state index >= 15 is 0 Å². The van der Waals surface area contributed by atoms with E-state index in [1.807, 2.05) is 0 Å². The Morgan fingerprint density at radius 1 is 1.14 bits per heavy atom. The van der Waals surface area contributed by atoms with E-state index in [0.29, 0.717) is 47.3 Å². The first-order valence-corrected chi connectivity index (χ1v) is 9.17. The van der Waals surface area contributed by atoms with Gasteiger partial charge in [-0.2, -0.15) is 0 Å². The second-order valence-electron chi connectivity index (χ2n) is 6.80. The van der Waals surface area contributed by atoms with Gasteiger partial charge in [-0.25, -0.2) is 4.79 Å². The van der Waals surface area contributed by atoms with Gasteiger partial charge in [-0.1, -0.05) is 0 Å². The van der Waals surface area contributed by atoms with Gasteiger partial charge in [-0.15, -0.1) is 0 Å². The van der Waals surface area contributed by atoms with E-state index < -0.39 is 17.9 Å². The maximum Gasteiger partial charge on any atom is 0.339 e. The molecule has 29 heavy (non-hydrogen) atoms. The molecule has 1 aliphatic rings. The minimum absolute atomic E-state index is 0.136. The molecule has 8 nitrogen and oxygen atoms in total. The number of aromatic amines is 1. The molecular formula is C21H23NO7. The van der Waals surface area contributed by atoms with Crippen molar-refractivity contribution in [3.63, 3.8) is 0 Å². The zero-order valence-corrected chi connectivity index (χ0v) is 17.0. The van der Waals surface area contributed by atoms with Gasteiger partial charge >= 0.3 is 5.97 Å². The van der Waals surface area contributed by atoms with Crippen molar-refractivity contribution >= 4 is 17.5 Å². The van der Waals surface area contributed by atoms with Crippen LogP contribution in [0.4, 0.5) is 0 Å². The Hall–Kier alpha value is -3.29. The molecule has 1 aromatic carbocycles. The summed E-state index contributed by atoms with van der Waals surface area (Å²) >= 11 is 0. The predicted octanol–water partition coefficient (Wildman–Crippen LogP) is 3.04. The minimum atomic E-state index is -1.06. The smallest absolute Gasteiger partial charge is 0.339 e. The van der Waals surface area contributed by atoms with Crippen LogP contribution in [-0.2, 0) is 4.74 Å². The molecule has 0 amide bonds. The highest BCUT2D eigenvalue weighted by Crippen LogP contribution is 2.40. The first-order valence-electron chi connectivity index (χ1n) is 9.17. The number of carbonyl (C=O) groups excluding carboxylic acids is 3. The lowest BCUT2D eigenvalue weighted by Gasteiger charge is -2.21. The lowest BCUT2D eigenvalue weighted by molar-refractivity contribution is 0.0315. The number of ether oxygens (including phenoxy) is 4. The lowest BCUT2D eigenvalue weighted by Crippen LogP contribution is -2.25. The third kappa shape index (κ3) is 3.83. The maximum absolute atomic E-state index is 12.8. The second kappa shape index (κ2) is 7.98. The van der Waals surface area contributed by atoms with Gasteiger partial charge in [0, 0.05) is 11.3 Å². The van der Waals surface area contributed by atoms with E-state index in [4.69, 9.17) is 18.9 Å². The van der Waals surface area contributed by atoms with Crippen molar-refractivity contribution < 1.29 is 33.3 Å². The van der Waals surface area contributed by atoms with Crippen LogP contribution in [0.2, 0.25) is 0 Å². The fourth-order valence-electron chi connectivity index (χ4n) is 3.40. The molecule has 0 saturated heterocycles. The fourth-order valence-corrected chi connectivity index (χ4v) is 3.40. The number of fused-ring (bicyclic) bond motifs is 1. The van der Waals surface area contributed by atoms with Crippen LogP contribution in [0.25, 0.3) is 0 Å². The number of rotatable bonds is 6. The van der Waals surface area contributed by atoms with Crippen LogP contribution in [0.3, 0.4) is 0 Å². The van der Waals surface area contributed by atoms with E-state index in [9.17, 15) is 14.4 Å². The van der Waals surface area contributed by atoms with Crippen LogP contribution in [0.5, 0.6) is 17.2 Å². The van der Waals surface area contributed by atoms with Gasteiger partial charge in [0.05, 0.1) is 18.4 Å². The summed E-state index contributed by atoms with van der Waals surface area (Å²) in [6.45, 7) is 7.07. The summed E-state index contributed by atoms with van der Waals surface area (Å²) in [6.07, 6.45) is -1.06. The molecule has 1 aliphatic heterocycles. The summed E-state index contributed by atoms with van der Waals surface area (Å²) in [5.74, 6) is -0.111. The summed E-state index contributed by atoms with van der Waals surface area (Å²) in [6, 6.07) is 2.97. The van der Waals surface area contributed by atoms with E-state index in [2.05, 4.69) is 4.98 Å². The number of nitrogens with one attached hydrogen (secondary N) is 1. The zero-order valence-electron chi connectivity index (χ0n) is 17.0. The highest BCUT2D eigenvalue weighted by Gasteiger charge is 2.28. The summed E-state index contributed by atoms with van der Waals surface area (Å²) in [5, 5.41) is 0. The Bertz CT molecular complexity index is 972. The van der Waals surface area contributed by atoms with Crippen molar-refractivity contribution in [1.82, 2.24) is 4.98 Å². The lowest BCUT2D eigenvalue weighted by atomic mass is 10.0. The number of benzene rings is 1. The van der Waals surface area contributed by atoms with Crippen LogP contribution >= 0.6 is 0 Å². The molecular weight excluding hydrogens is 378 g/mol. The molecule has 1 N–H and O–H groups in total. The number of hydrogen-bond donors (Lipinski definition) is 1. The molecule has 154 valence electrons. The Morgan fingerprint density at radius 2 is 1.83 bits per heavy atom. The van der Waals surface area contributed by atoms with Gasteiger partial charge in [-0.05, 0) is 45.4 Å². The summed E-state index contributed by atoms with van der Waals surface area (Å²) < 4.78 is 21.7. The van der Waals surface area contributed by atoms with Crippen molar-refractivity contribution in [3.8, 4) is 17.2 Å². The minimum Gasteiger partial charge on any atom is -0.493 e. The Morgan fingerprint density at radius 3 is 2.45 bits per heavy atom. The summed E-state index contributed by atoms with van der Waals surface area (Å²) in [5.41, 5.74) is 2.06. The van der Waals surface area contributed by atoms with E-state index in [1.165, 1.54) is 33.1 Å². The first-order chi connectivity index (χ1) is 13.7. The highest BCUT2D eigenvalue weighted by atomic mass is 16.6. The number of hydrogen-bond acceptors (Lipinski definition) is 7. The number of esters is 1. The average molecular weight is 401 g/mol. The Balaban J connectivity index is 1.81. The molecule has 2 heterocycles. The number of H-pyrrole nitrogens is 1. The van der Waals surface area contributed by atoms with Crippen LogP contribution < -0.4 is 14.2 Å². The molecule has 0 radical (unpaired) electrons. The van der Waals surface area contributed by atoms with Gasteiger partial charge in [0.2, 0.25) is 11.5 Å². The normalized spacial score (nSPS) is 13.6. The summed E-state index contributed by atoms with van der Waals surface area (Å²) in [4.78, 5) is 40.1.